The summed E-state index contributed by atoms with van der Waals surface area (Å²) in [6.45, 7) is 3.26. The van der Waals surface area contributed by atoms with Gasteiger partial charge in [-0.25, -0.2) is 0 Å². The first-order chi connectivity index (χ1) is 6.61. The molecule has 0 saturated heterocycles. The van der Waals surface area contributed by atoms with Crippen molar-refractivity contribution in [1.82, 2.24) is 4.90 Å². The Balaban J connectivity index is 2.30. The first-order valence-corrected chi connectivity index (χ1v) is 5.24. The number of carboxylic acids is 1. The molecule has 0 aromatic rings. The molecule has 1 fully saturated rings. The summed E-state index contributed by atoms with van der Waals surface area (Å²) < 4.78 is 0. The van der Waals surface area contributed by atoms with Crippen molar-refractivity contribution in [3.05, 3.63) is 0 Å². The fraction of sp³-hybridized carbons (Fsp3) is 0.900. The number of hydrogen-bond acceptors (Lipinski definition) is 3. The maximum Gasteiger partial charge on any atom is 0.317 e. The van der Waals surface area contributed by atoms with Crippen LogP contribution in [0.4, 0.5) is 0 Å². The lowest BCUT2D eigenvalue weighted by Crippen LogP contribution is -2.37. The van der Waals surface area contributed by atoms with Crippen molar-refractivity contribution >= 4 is 5.97 Å². The Morgan fingerprint density at radius 1 is 1.57 bits per heavy atom. The molecular formula is C10H19NO3. The summed E-state index contributed by atoms with van der Waals surface area (Å²) in [5.41, 5.74) is 0. The van der Waals surface area contributed by atoms with Crippen molar-refractivity contribution in [2.75, 3.05) is 19.6 Å². The molecule has 0 radical (unpaired) electrons. The Bertz CT molecular complexity index is 192. The van der Waals surface area contributed by atoms with Gasteiger partial charge in [0.15, 0.2) is 0 Å². The van der Waals surface area contributed by atoms with Crippen molar-refractivity contribution in [3.8, 4) is 0 Å². The zero-order valence-corrected chi connectivity index (χ0v) is 8.65. The van der Waals surface area contributed by atoms with Gasteiger partial charge >= 0.3 is 5.97 Å². The van der Waals surface area contributed by atoms with Gasteiger partial charge in [0.05, 0.1) is 12.6 Å². The molecule has 0 heterocycles. The van der Waals surface area contributed by atoms with Crippen LogP contribution in [0, 0.1) is 5.92 Å². The smallest absolute Gasteiger partial charge is 0.317 e. The SMILES string of the molecule is CCC(O)CN(CC(=O)O)CC1CC1. The van der Waals surface area contributed by atoms with E-state index in [0.717, 1.165) is 6.54 Å². The lowest BCUT2D eigenvalue weighted by atomic mass is 10.2. The van der Waals surface area contributed by atoms with Gasteiger partial charge in [0, 0.05) is 13.1 Å². The molecule has 82 valence electrons. The average molecular weight is 201 g/mol. The monoisotopic (exact) mass is 201 g/mol. The lowest BCUT2D eigenvalue weighted by molar-refractivity contribution is -0.138. The predicted molar refractivity (Wildman–Crippen MR) is 53.1 cm³/mol. The summed E-state index contributed by atoms with van der Waals surface area (Å²) in [5, 5.41) is 18.1. The number of carboxylic acid groups (broad SMARTS) is 1. The quantitative estimate of drug-likeness (QED) is 0.631. The van der Waals surface area contributed by atoms with Crippen molar-refractivity contribution in [2.24, 2.45) is 5.92 Å². The van der Waals surface area contributed by atoms with Gasteiger partial charge in [-0.1, -0.05) is 6.92 Å². The standard InChI is InChI=1S/C10H19NO3/c1-2-9(12)6-11(7-10(13)14)5-8-3-4-8/h8-9,12H,2-7H2,1H3,(H,13,14). The molecule has 1 atom stereocenters. The van der Waals surface area contributed by atoms with E-state index in [1.165, 1.54) is 12.8 Å². The van der Waals surface area contributed by atoms with Gasteiger partial charge < -0.3 is 10.2 Å². The van der Waals surface area contributed by atoms with E-state index in [4.69, 9.17) is 5.11 Å². The molecule has 2 N–H and O–H groups in total. The Labute approximate surface area is 84.5 Å². The van der Waals surface area contributed by atoms with Crippen LogP contribution in [-0.4, -0.2) is 46.8 Å². The molecule has 0 bridgehead atoms. The van der Waals surface area contributed by atoms with E-state index >= 15 is 0 Å². The van der Waals surface area contributed by atoms with Crippen LogP contribution in [0.3, 0.4) is 0 Å². The Morgan fingerprint density at radius 3 is 2.64 bits per heavy atom. The van der Waals surface area contributed by atoms with Gasteiger partial charge in [0.2, 0.25) is 0 Å². The van der Waals surface area contributed by atoms with Gasteiger partial charge in [-0.3, -0.25) is 9.69 Å². The molecule has 1 saturated carbocycles. The second kappa shape index (κ2) is 5.32. The minimum absolute atomic E-state index is 0.0492. The van der Waals surface area contributed by atoms with Crippen molar-refractivity contribution in [3.63, 3.8) is 0 Å². The van der Waals surface area contributed by atoms with Gasteiger partial charge in [-0.15, -0.1) is 0 Å². The Morgan fingerprint density at radius 2 is 2.21 bits per heavy atom. The number of nitrogens with zero attached hydrogens (tertiary/aromatic N) is 1. The zero-order chi connectivity index (χ0) is 10.6. The van der Waals surface area contributed by atoms with Gasteiger partial charge in [-0.05, 0) is 25.2 Å². The zero-order valence-electron chi connectivity index (χ0n) is 8.65. The first kappa shape index (κ1) is 11.5. The van der Waals surface area contributed by atoms with Crippen LogP contribution in [0.2, 0.25) is 0 Å². The number of aliphatic carboxylic acids is 1. The molecule has 1 aliphatic carbocycles. The average Bonchev–Trinajstić information content (AvgIpc) is 2.86. The fourth-order valence-electron chi connectivity index (χ4n) is 1.49. The Kier molecular flexibility index (Phi) is 4.35. The van der Waals surface area contributed by atoms with Crippen LogP contribution < -0.4 is 0 Å². The van der Waals surface area contributed by atoms with Crippen LogP contribution in [0.1, 0.15) is 26.2 Å². The molecule has 0 amide bonds. The molecule has 4 nitrogen and oxygen atoms in total. The molecule has 1 rings (SSSR count). The molecule has 4 heteroatoms. The third kappa shape index (κ3) is 4.58. The summed E-state index contributed by atoms with van der Waals surface area (Å²) in [6, 6.07) is 0. The van der Waals surface area contributed by atoms with Gasteiger partial charge in [-0.2, -0.15) is 0 Å². The van der Waals surface area contributed by atoms with Crippen LogP contribution in [-0.2, 0) is 4.79 Å². The largest absolute Gasteiger partial charge is 0.480 e. The van der Waals surface area contributed by atoms with Crippen LogP contribution in [0.5, 0.6) is 0 Å². The molecule has 0 aromatic carbocycles. The highest BCUT2D eigenvalue weighted by molar-refractivity contribution is 5.69. The van der Waals surface area contributed by atoms with Crippen LogP contribution >= 0.6 is 0 Å². The van der Waals surface area contributed by atoms with Crippen molar-refractivity contribution in [2.45, 2.75) is 32.3 Å². The molecule has 1 unspecified atom stereocenters. The maximum absolute atomic E-state index is 10.6. The third-order valence-electron chi connectivity index (χ3n) is 2.51. The number of aliphatic hydroxyl groups excluding tert-OH is 1. The Hall–Kier alpha value is -0.610. The molecule has 1 aliphatic rings. The third-order valence-corrected chi connectivity index (χ3v) is 2.51. The minimum Gasteiger partial charge on any atom is -0.480 e. The van der Waals surface area contributed by atoms with Crippen molar-refractivity contribution in [1.29, 1.82) is 0 Å². The minimum atomic E-state index is -0.811. The highest BCUT2D eigenvalue weighted by Gasteiger charge is 2.25. The second-order valence-electron chi connectivity index (χ2n) is 4.09. The van der Waals surface area contributed by atoms with E-state index in [0.29, 0.717) is 18.9 Å². The van der Waals surface area contributed by atoms with Crippen LogP contribution in [0.15, 0.2) is 0 Å². The number of rotatable bonds is 7. The number of aliphatic hydroxyl groups is 1. The predicted octanol–water partition coefficient (Wildman–Crippen LogP) is 0.554. The molecular weight excluding hydrogens is 182 g/mol. The maximum atomic E-state index is 10.6. The summed E-state index contributed by atoms with van der Waals surface area (Å²) in [7, 11) is 0. The van der Waals surface area contributed by atoms with E-state index < -0.39 is 12.1 Å². The highest BCUT2D eigenvalue weighted by Crippen LogP contribution is 2.29. The summed E-state index contributed by atoms with van der Waals surface area (Å²) in [6.07, 6.45) is 2.70. The normalized spacial score (nSPS) is 18.5. The summed E-state index contributed by atoms with van der Waals surface area (Å²) in [5.74, 6) is -0.146. The van der Waals surface area contributed by atoms with E-state index in [1.807, 2.05) is 11.8 Å². The molecule has 0 aliphatic heterocycles. The van der Waals surface area contributed by atoms with E-state index in [9.17, 15) is 9.90 Å². The molecule has 14 heavy (non-hydrogen) atoms. The van der Waals surface area contributed by atoms with Crippen LogP contribution in [0.25, 0.3) is 0 Å². The van der Waals surface area contributed by atoms with Gasteiger partial charge in [0.1, 0.15) is 0 Å². The van der Waals surface area contributed by atoms with Crippen molar-refractivity contribution < 1.29 is 15.0 Å². The summed E-state index contributed by atoms with van der Waals surface area (Å²) >= 11 is 0. The topological polar surface area (TPSA) is 60.8 Å². The van der Waals surface area contributed by atoms with E-state index in [1.54, 1.807) is 0 Å². The number of hydrogen-bond donors (Lipinski definition) is 2. The molecule has 0 aromatic heterocycles. The van der Waals surface area contributed by atoms with E-state index in [2.05, 4.69) is 0 Å². The second-order valence-corrected chi connectivity index (χ2v) is 4.09. The highest BCUT2D eigenvalue weighted by atomic mass is 16.4. The van der Waals surface area contributed by atoms with E-state index in [-0.39, 0.29) is 6.54 Å². The fourth-order valence-corrected chi connectivity index (χ4v) is 1.49. The number of carbonyl (C=O) groups is 1. The first-order valence-electron chi connectivity index (χ1n) is 5.24. The summed E-state index contributed by atoms with van der Waals surface area (Å²) in [4.78, 5) is 12.4. The molecule has 0 spiro atoms. The van der Waals surface area contributed by atoms with Gasteiger partial charge in [0.25, 0.3) is 0 Å². The lowest BCUT2D eigenvalue weighted by Gasteiger charge is -2.22.